The van der Waals surface area contributed by atoms with E-state index >= 15 is 0 Å². The standard InChI is InChI=1S/C21H36O4/c1-4-5-6-7-8-9-10-11-12-13-16-20(25-19(2)22)17-14-15-18-21(23)24-3/h8-9,11-12,20H,4-7,10,13-18H2,1-3H3. The lowest BCUT2D eigenvalue weighted by molar-refractivity contribution is -0.147. The van der Waals surface area contributed by atoms with Gasteiger partial charge in [0.1, 0.15) is 6.10 Å². The minimum Gasteiger partial charge on any atom is -0.469 e. The highest BCUT2D eigenvalue weighted by Crippen LogP contribution is 2.13. The Morgan fingerprint density at radius 1 is 0.920 bits per heavy atom. The number of unbranched alkanes of at least 4 members (excludes halogenated alkanes) is 4. The lowest BCUT2D eigenvalue weighted by atomic mass is 10.1. The molecular weight excluding hydrogens is 316 g/mol. The van der Waals surface area contributed by atoms with E-state index in [4.69, 9.17) is 4.74 Å². The topological polar surface area (TPSA) is 52.6 Å². The lowest BCUT2D eigenvalue weighted by Crippen LogP contribution is -2.16. The largest absolute Gasteiger partial charge is 0.469 e. The molecule has 0 amide bonds. The Morgan fingerprint density at radius 3 is 2.28 bits per heavy atom. The van der Waals surface area contributed by atoms with E-state index in [-0.39, 0.29) is 18.0 Å². The fourth-order valence-corrected chi connectivity index (χ4v) is 2.54. The molecule has 4 heteroatoms. The molecule has 4 nitrogen and oxygen atoms in total. The van der Waals surface area contributed by atoms with Gasteiger partial charge in [-0.2, -0.15) is 0 Å². The van der Waals surface area contributed by atoms with Crippen molar-refractivity contribution in [2.24, 2.45) is 0 Å². The Balaban J connectivity index is 3.88. The van der Waals surface area contributed by atoms with Crippen molar-refractivity contribution < 1.29 is 19.1 Å². The zero-order chi connectivity index (χ0) is 18.8. The van der Waals surface area contributed by atoms with E-state index in [9.17, 15) is 9.59 Å². The number of hydrogen-bond acceptors (Lipinski definition) is 4. The van der Waals surface area contributed by atoms with Crippen LogP contribution in [0.15, 0.2) is 24.3 Å². The minimum atomic E-state index is -0.239. The molecule has 0 aromatic carbocycles. The van der Waals surface area contributed by atoms with Gasteiger partial charge in [-0.15, -0.1) is 0 Å². The summed E-state index contributed by atoms with van der Waals surface area (Å²) in [6.45, 7) is 3.66. The summed E-state index contributed by atoms with van der Waals surface area (Å²) in [6.07, 6.45) is 19.3. The number of methoxy groups -OCH3 is 1. The van der Waals surface area contributed by atoms with Gasteiger partial charge in [0.05, 0.1) is 7.11 Å². The summed E-state index contributed by atoms with van der Waals surface area (Å²) in [5, 5.41) is 0. The van der Waals surface area contributed by atoms with Crippen molar-refractivity contribution in [1.82, 2.24) is 0 Å². The Kier molecular flexibility index (Phi) is 16.2. The first-order chi connectivity index (χ1) is 12.1. The number of carbonyl (C=O) groups is 2. The van der Waals surface area contributed by atoms with Gasteiger partial charge < -0.3 is 9.47 Å². The molecule has 0 N–H and O–H groups in total. The summed E-state index contributed by atoms with van der Waals surface area (Å²) >= 11 is 0. The van der Waals surface area contributed by atoms with Crippen LogP contribution in [0.25, 0.3) is 0 Å². The van der Waals surface area contributed by atoms with Crippen molar-refractivity contribution >= 4 is 11.9 Å². The summed E-state index contributed by atoms with van der Waals surface area (Å²) in [5.41, 5.74) is 0. The van der Waals surface area contributed by atoms with Crippen LogP contribution in [0, 0.1) is 0 Å². The Hall–Kier alpha value is -1.58. The summed E-state index contributed by atoms with van der Waals surface area (Å²) in [5.74, 6) is -0.424. The van der Waals surface area contributed by atoms with Gasteiger partial charge in [0.2, 0.25) is 0 Å². The van der Waals surface area contributed by atoms with E-state index in [2.05, 4.69) is 36.0 Å². The van der Waals surface area contributed by atoms with Crippen molar-refractivity contribution in [3.05, 3.63) is 24.3 Å². The third-order valence-electron chi connectivity index (χ3n) is 3.95. The van der Waals surface area contributed by atoms with Crippen molar-refractivity contribution in [3.8, 4) is 0 Å². The minimum absolute atomic E-state index is 0.0654. The second kappa shape index (κ2) is 17.2. The maximum absolute atomic E-state index is 11.2. The fraction of sp³-hybridized carbons (Fsp3) is 0.714. The van der Waals surface area contributed by atoms with E-state index < -0.39 is 0 Å². The number of ether oxygens (including phenoxy) is 2. The molecule has 0 saturated heterocycles. The fourth-order valence-electron chi connectivity index (χ4n) is 2.54. The second-order valence-electron chi connectivity index (χ2n) is 6.30. The van der Waals surface area contributed by atoms with E-state index in [0.29, 0.717) is 6.42 Å². The average Bonchev–Trinajstić information content (AvgIpc) is 2.59. The summed E-state index contributed by atoms with van der Waals surface area (Å²) in [7, 11) is 1.40. The number of esters is 2. The molecule has 144 valence electrons. The average molecular weight is 353 g/mol. The molecule has 0 rings (SSSR count). The monoisotopic (exact) mass is 352 g/mol. The van der Waals surface area contributed by atoms with Crippen molar-refractivity contribution in [2.45, 2.75) is 90.6 Å². The van der Waals surface area contributed by atoms with Crippen molar-refractivity contribution in [1.29, 1.82) is 0 Å². The normalized spacial score (nSPS) is 12.6. The molecule has 0 fully saturated rings. The van der Waals surface area contributed by atoms with Crippen LogP contribution in [0.5, 0.6) is 0 Å². The molecular formula is C21H36O4. The van der Waals surface area contributed by atoms with Gasteiger partial charge in [-0.05, 0) is 51.4 Å². The predicted octanol–water partition coefficient (Wildman–Crippen LogP) is 5.51. The molecule has 0 aromatic rings. The summed E-state index contributed by atoms with van der Waals surface area (Å²) in [6, 6.07) is 0. The summed E-state index contributed by atoms with van der Waals surface area (Å²) < 4.78 is 9.99. The highest BCUT2D eigenvalue weighted by Gasteiger charge is 2.11. The van der Waals surface area contributed by atoms with Gasteiger partial charge in [-0.25, -0.2) is 0 Å². The van der Waals surface area contributed by atoms with Crippen LogP contribution in [0.1, 0.15) is 84.5 Å². The Morgan fingerprint density at radius 2 is 1.64 bits per heavy atom. The van der Waals surface area contributed by atoms with Crippen LogP contribution in [0.3, 0.4) is 0 Å². The molecule has 0 aromatic heterocycles. The number of hydrogen-bond donors (Lipinski definition) is 0. The first-order valence-electron chi connectivity index (χ1n) is 9.64. The van der Waals surface area contributed by atoms with Gasteiger partial charge in [-0.3, -0.25) is 9.59 Å². The van der Waals surface area contributed by atoms with Crippen LogP contribution in [-0.2, 0) is 19.1 Å². The SMILES string of the molecule is CCCCCC=CCC=CCCC(CCCCC(=O)OC)OC(C)=O. The van der Waals surface area contributed by atoms with Crippen LogP contribution in [0.4, 0.5) is 0 Å². The first kappa shape index (κ1) is 23.4. The van der Waals surface area contributed by atoms with E-state index in [0.717, 1.165) is 38.5 Å². The maximum Gasteiger partial charge on any atom is 0.305 e. The van der Waals surface area contributed by atoms with E-state index in [1.165, 1.54) is 39.7 Å². The maximum atomic E-state index is 11.2. The van der Waals surface area contributed by atoms with E-state index in [1.54, 1.807) is 0 Å². The molecule has 0 aliphatic rings. The first-order valence-corrected chi connectivity index (χ1v) is 9.64. The molecule has 0 aliphatic heterocycles. The Bertz CT molecular complexity index is 399. The summed E-state index contributed by atoms with van der Waals surface area (Å²) in [4.78, 5) is 22.3. The van der Waals surface area contributed by atoms with Crippen LogP contribution in [-0.4, -0.2) is 25.2 Å². The highest BCUT2D eigenvalue weighted by molar-refractivity contribution is 5.69. The quantitative estimate of drug-likeness (QED) is 0.221. The van der Waals surface area contributed by atoms with E-state index in [1.807, 2.05) is 0 Å². The second-order valence-corrected chi connectivity index (χ2v) is 6.30. The molecule has 25 heavy (non-hydrogen) atoms. The van der Waals surface area contributed by atoms with Crippen LogP contribution in [0.2, 0.25) is 0 Å². The van der Waals surface area contributed by atoms with Crippen molar-refractivity contribution in [3.63, 3.8) is 0 Å². The van der Waals surface area contributed by atoms with Crippen LogP contribution >= 0.6 is 0 Å². The molecule has 0 bridgehead atoms. The van der Waals surface area contributed by atoms with Gasteiger partial charge in [0.15, 0.2) is 0 Å². The molecule has 0 heterocycles. The van der Waals surface area contributed by atoms with Gasteiger partial charge in [0, 0.05) is 13.3 Å². The smallest absolute Gasteiger partial charge is 0.305 e. The lowest BCUT2D eigenvalue weighted by Gasteiger charge is -2.16. The zero-order valence-electron chi connectivity index (χ0n) is 16.3. The van der Waals surface area contributed by atoms with Crippen LogP contribution < -0.4 is 0 Å². The molecule has 1 atom stereocenters. The number of carbonyl (C=O) groups excluding carboxylic acids is 2. The Labute approximate surface area is 153 Å². The molecule has 1 unspecified atom stereocenters. The predicted molar refractivity (Wildman–Crippen MR) is 102 cm³/mol. The van der Waals surface area contributed by atoms with Crippen molar-refractivity contribution in [2.75, 3.05) is 7.11 Å². The van der Waals surface area contributed by atoms with Gasteiger partial charge in [-0.1, -0.05) is 44.1 Å². The number of rotatable bonds is 15. The van der Waals surface area contributed by atoms with Gasteiger partial charge in [0.25, 0.3) is 0 Å². The highest BCUT2D eigenvalue weighted by atomic mass is 16.5. The zero-order valence-corrected chi connectivity index (χ0v) is 16.3. The molecule has 0 spiro atoms. The number of allylic oxidation sites excluding steroid dienone is 4. The molecule has 0 aliphatic carbocycles. The third kappa shape index (κ3) is 17.0. The van der Waals surface area contributed by atoms with Gasteiger partial charge >= 0.3 is 11.9 Å². The molecule has 0 saturated carbocycles. The third-order valence-corrected chi connectivity index (χ3v) is 3.95. The molecule has 0 radical (unpaired) electrons.